The Labute approximate surface area is 245 Å². The van der Waals surface area contributed by atoms with E-state index in [9.17, 15) is 4.79 Å². The van der Waals surface area contributed by atoms with Gasteiger partial charge in [0.25, 0.3) is 0 Å². The Morgan fingerprint density at radius 2 is 1.83 bits per heavy atom. The van der Waals surface area contributed by atoms with Gasteiger partial charge in [-0.15, -0.1) is 0 Å². The number of ether oxygens (including phenoxy) is 2. The highest BCUT2D eigenvalue weighted by atomic mass is 16.5. The third-order valence-corrected chi connectivity index (χ3v) is 8.55. The Morgan fingerprint density at radius 3 is 2.60 bits per heavy atom. The van der Waals surface area contributed by atoms with E-state index in [1.54, 1.807) is 7.11 Å². The third-order valence-electron chi connectivity index (χ3n) is 8.55. The Bertz CT molecular complexity index is 1590. The second-order valence-corrected chi connectivity index (χ2v) is 11.0. The molecule has 2 N–H and O–H groups in total. The molecule has 2 aliphatic rings. The van der Waals surface area contributed by atoms with Crippen LogP contribution >= 0.6 is 0 Å². The Morgan fingerprint density at radius 1 is 1.05 bits per heavy atom. The van der Waals surface area contributed by atoms with Crippen LogP contribution in [0.3, 0.4) is 0 Å². The number of benzene rings is 2. The van der Waals surface area contributed by atoms with Crippen molar-refractivity contribution < 1.29 is 14.3 Å². The molecule has 0 aliphatic carbocycles. The van der Waals surface area contributed by atoms with Crippen molar-refractivity contribution in [2.45, 2.75) is 25.7 Å². The summed E-state index contributed by atoms with van der Waals surface area (Å²) in [5.74, 6) is 2.45. The number of carbonyl (C=O) groups excluding carboxylic acids is 1. The molecule has 2 saturated heterocycles. The smallest absolute Gasteiger partial charge is 0.247 e. The minimum atomic E-state index is -0.264. The zero-order chi connectivity index (χ0) is 29.1. The van der Waals surface area contributed by atoms with E-state index in [-0.39, 0.29) is 5.91 Å². The maximum Gasteiger partial charge on any atom is 0.247 e. The SMILES string of the molecule is C=CC(=O)Nc1cc(Nc2cc(-c3ccc4c(cnn4C)c3)ncn2)c(OC)cc1N1CCC(C2CCOCC2)CC1. The molecule has 10 heteroatoms. The Hall–Kier alpha value is -4.44. The maximum atomic E-state index is 12.5. The molecule has 2 aromatic heterocycles. The van der Waals surface area contributed by atoms with E-state index in [0.717, 1.165) is 85.8 Å². The van der Waals surface area contributed by atoms with Gasteiger partial charge in [-0.3, -0.25) is 9.48 Å². The van der Waals surface area contributed by atoms with E-state index in [4.69, 9.17) is 9.47 Å². The molecule has 0 atom stereocenters. The van der Waals surface area contributed by atoms with Gasteiger partial charge in [-0.1, -0.05) is 12.6 Å². The molecular weight excluding hydrogens is 530 g/mol. The van der Waals surface area contributed by atoms with Gasteiger partial charge in [-0.2, -0.15) is 5.10 Å². The van der Waals surface area contributed by atoms with Crippen molar-refractivity contribution in [2.75, 3.05) is 48.9 Å². The average Bonchev–Trinajstić information content (AvgIpc) is 3.41. The molecular formula is C32H37N7O3. The molecule has 4 aromatic rings. The predicted octanol–water partition coefficient (Wildman–Crippen LogP) is 5.55. The van der Waals surface area contributed by atoms with Gasteiger partial charge in [0.2, 0.25) is 5.91 Å². The molecule has 0 saturated carbocycles. The topological polar surface area (TPSA) is 106 Å². The maximum absolute atomic E-state index is 12.5. The highest BCUT2D eigenvalue weighted by molar-refractivity contribution is 6.02. The number of anilines is 4. The quantitative estimate of drug-likeness (QED) is 0.267. The van der Waals surface area contributed by atoms with Crippen LogP contribution in [0.15, 0.2) is 61.6 Å². The van der Waals surface area contributed by atoms with Crippen molar-refractivity contribution >= 4 is 39.7 Å². The number of hydrogen-bond donors (Lipinski definition) is 2. The van der Waals surface area contributed by atoms with Gasteiger partial charge in [-0.25, -0.2) is 9.97 Å². The van der Waals surface area contributed by atoms with E-state index in [0.29, 0.717) is 28.9 Å². The van der Waals surface area contributed by atoms with Crippen molar-refractivity contribution in [3.63, 3.8) is 0 Å². The first-order chi connectivity index (χ1) is 20.5. The largest absolute Gasteiger partial charge is 0.494 e. The van der Waals surface area contributed by atoms with Crippen LogP contribution in [-0.4, -0.2) is 59.1 Å². The van der Waals surface area contributed by atoms with Crippen LogP contribution in [0.4, 0.5) is 22.9 Å². The van der Waals surface area contributed by atoms with Crippen LogP contribution in [0, 0.1) is 11.8 Å². The molecule has 2 fully saturated rings. The lowest BCUT2D eigenvalue weighted by molar-refractivity contribution is -0.111. The number of piperidine rings is 1. The van der Waals surface area contributed by atoms with Gasteiger partial charge in [0.1, 0.15) is 17.9 Å². The molecule has 6 rings (SSSR count). The first-order valence-electron chi connectivity index (χ1n) is 14.5. The van der Waals surface area contributed by atoms with Gasteiger partial charge in [0.05, 0.1) is 41.6 Å². The summed E-state index contributed by atoms with van der Waals surface area (Å²) in [5.41, 5.74) is 5.12. The van der Waals surface area contributed by atoms with Crippen LogP contribution in [0.1, 0.15) is 25.7 Å². The van der Waals surface area contributed by atoms with Crippen molar-refractivity contribution in [2.24, 2.45) is 18.9 Å². The summed E-state index contributed by atoms with van der Waals surface area (Å²) < 4.78 is 13.3. The number of fused-ring (bicyclic) bond motifs is 1. The fourth-order valence-electron chi connectivity index (χ4n) is 6.22. The molecule has 2 aromatic carbocycles. The lowest BCUT2D eigenvalue weighted by Gasteiger charge is -2.39. The molecule has 0 unspecified atom stereocenters. The van der Waals surface area contributed by atoms with Crippen molar-refractivity contribution in [3.05, 3.63) is 61.6 Å². The van der Waals surface area contributed by atoms with Crippen LogP contribution in [0.5, 0.6) is 5.75 Å². The Kier molecular flexibility index (Phi) is 8.05. The number of carbonyl (C=O) groups is 1. The number of aromatic nitrogens is 4. The Balaban J connectivity index is 1.26. The highest BCUT2D eigenvalue weighted by Gasteiger charge is 2.29. The number of nitrogens with zero attached hydrogens (tertiary/aromatic N) is 5. The number of nitrogens with one attached hydrogen (secondary N) is 2. The fourth-order valence-corrected chi connectivity index (χ4v) is 6.22. The molecule has 0 bridgehead atoms. The van der Waals surface area contributed by atoms with Crippen LogP contribution < -0.4 is 20.3 Å². The van der Waals surface area contributed by atoms with E-state index < -0.39 is 0 Å². The summed E-state index contributed by atoms with van der Waals surface area (Å²) in [6.45, 7) is 7.24. The second-order valence-electron chi connectivity index (χ2n) is 11.0. The molecule has 0 radical (unpaired) electrons. The lowest BCUT2D eigenvalue weighted by atomic mass is 9.80. The highest BCUT2D eigenvalue weighted by Crippen LogP contribution is 2.41. The van der Waals surface area contributed by atoms with Crippen LogP contribution in [0.25, 0.3) is 22.2 Å². The van der Waals surface area contributed by atoms with E-state index in [1.807, 2.05) is 48.3 Å². The molecule has 0 spiro atoms. The predicted molar refractivity (Wildman–Crippen MR) is 165 cm³/mol. The first kappa shape index (κ1) is 27.7. The van der Waals surface area contributed by atoms with Crippen LogP contribution in [0.2, 0.25) is 0 Å². The second kappa shape index (κ2) is 12.2. The lowest BCUT2D eigenvalue weighted by Crippen LogP contribution is -2.38. The zero-order valence-electron chi connectivity index (χ0n) is 24.2. The summed E-state index contributed by atoms with van der Waals surface area (Å²) in [4.78, 5) is 23.8. The first-order valence-corrected chi connectivity index (χ1v) is 14.5. The molecule has 218 valence electrons. The van der Waals surface area contributed by atoms with Gasteiger partial charge in [0, 0.05) is 56.4 Å². The van der Waals surface area contributed by atoms with E-state index >= 15 is 0 Å². The zero-order valence-corrected chi connectivity index (χ0v) is 24.2. The molecule has 1 amide bonds. The van der Waals surface area contributed by atoms with Crippen LogP contribution in [-0.2, 0) is 16.6 Å². The monoisotopic (exact) mass is 567 g/mol. The normalized spacial score (nSPS) is 16.4. The minimum absolute atomic E-state index is 0.264. The molecule has 2 aliphatic heterocycles. The number of rotatable bonds is 8. The molecule has 10 nitrogen and oxygen atoms in total. The van der Waals surface area contributed by atoms with Gasteiger partial charge in [0.15, 0.2) is 0 Å². The summed E-state index contributed by atoms with van der Waals surface area (Å²) in [5, 5.41) is 11.8. The number of methoxy groups -OCH3 is 1. The molecule has 4 heterocycles. The van der Waals surface area contributed by atoms with Gasteiger partial charge < -0.3 is 25.0 Å². The standard InChI is InChI=1S/C32H37N7O3/c1-4-32(40)37-26-16-27(30(41-3)18-29(26)39-11-7-21(8-12-39)22-9-13-42-14-10-22)36-31-17-25(33-20-34-31)23-5-6-28-24(15-23)19-35-38(28)2/h4-6,15-22H,1,7-14H2,2-3H3,(H,37,40)(H,33,34,36). The summed E-state index contributed by atoms with van der Waals surface area (Å²) in [6.07, 6.45) is 9.22. The summed E-state index contributed by atoms with van der Waals surface area (Å²) in [6, 6.07) is 11.9. The van der Waals surface area contributed by atoms with Gasteiger partial charge in [-0.05, 0) is 61.8 Å². The van der Waals surface area contributed by atoms with Crippen molar-refractivity contribution in [1.82, 2.24) is 19.7 Å². The van der Waals surface area contributed by atoms with Crippen molar-refractivity contribution in [3.8, 4) is 17.0 Å². The number of hydrogen-bond acceptors (Lipinski definition) is 8. The van der Waals surface area contributed by atoms with E-state index in [2.05, 4.69) is 43.2 Å². The van der Waals surface area contributed by atoms with Crippen molar-refractivity contribution in [1.29, 1.82) is 0 Å². The third kappa shape index (κ3) is 5.80. The summed E-state index contributed by atoms with van der Waals surface area (Å²) in [7, 11) is 3.58. The molecule has 42 heavy (non-hydrogen) atoms. The van der Waals surface area contributed by atoms with Gasteiger partial charge >= 0.3 is 0 Å². The number of amides is 1. The fraction of sp³-hybridized carbons (Fsp3) is 0.375. The number of aryl methyl sites for hydroxylation is 1. The average molecular weight is 568 g/mol. The minimum Gasteiger partial charge on any atom is -0.494 e. The summed E-state index contributed by atoms with van der Waals surface area (Å²) >= 11 is 0. The van der Waals surface area contributed by atoms with E-state index in [1.165, 1.54) is 12.4 Å².